The predicted octanol–water partition coefficient (Wildman–Crippen LogP) is -0.418. The van der Waals surface area contributed by atoms with E-state index >= 15 is 0 Å². The van der Waals surface area contributed by atoms with Crippen LogP contribution >= 0.6 is 0 Å². The van der Waals surface area contributed by atoms with Crippen LogP contribution in [0.15, 0.2) is 0 Å². The standard InChI is InChI=1S/C10H13NO4/c1-6(12)10(15)8-5-11(7(2)13)4-3-9(8)14/h8H,3-5H2,1-2H3. The molecule has 0 radical (unpaired) electrons. The lowest BCUT2D eigenvalue weighted by Gasteiger charge is -2.29. The first-order valence-electron chi connectivity index (χ1n) is 4.76. The van der Waals surface area contributed by atoms with E-state index in [4.69, 9.17) is 0 Å². The summed E-state index contributed by atoms with van der Waals surface area (Å²) in [5.74, 6) is -2.68. The van der Waals surface area contributed by atoms with Crippen LogP contribution in [0.4, 0.5) is 0 Å². The fraction of sp³-hybridized carbons (Fsp3) is 0.600. The van der Waals surface area contributed by atoms with Crippen molar-refractivity contribution in [3.05, 3.63) is 0 Å². The van der Waals surface area contributed by atoms with Gasteiger partial charge in [-0.2, -0.15) is 0 Å². The number of piperidine rings is 1. The molecule has 0 aromatic carbocycles. The van der Waals surface area contributed by atoms with E-state index in [1.165, 1.54) is 11.8 Å². The number of hydrogen-bond acceptors (Lipinski definition) is 4. The number of hydrogen-bond donors (Lipinski definition) is 0. The zero-order valence-corrected chi connectivity index (χ0v) is 8.78. The van der Waals surface area contributed by atoms with E-state index < -0.39 is 17.5 Å². The normalized spacial score (nSPS) is 21.3. The van der Waals surface area contributed by atoms with Gasteiger partial charge in [0.1, 0.15) is 11.7 Å². The van der Waals surface area contributed by atoms with E-state index in [2.05, 4.69) is 0 Å². The number of rotatable bonds is 2. The largest absolute Gasteiger partial charge is 0.341 e. The summed E-state index contributed by atoms with van der Waals surface area (Å²) in [5, 5.41) is 0. The van der Waals surface area contributed by atoms with Crippen molar-refractivity contribution >= 4 is 23.3 Å². The molecule has 5 heteroatoms. The van der Waals surface area contributed by atoms with Gasteiger partial charge in [-0.1, -0.05) is 0 Å². The van der Waals surface area contributed by atoms with Gasteiger partial charge >= 0.3 is 0 Å². The number of ketones is 3. The monoisotopic (exact) mass is 211 g/mol. The third-order valence-corrected chi connectivity index (χ3v) is 2.53. The molecule has 1 aliphatic heterocycles. The van der Waals surface area contributed by atoms with Crippen LogP contribution in [0.25, 0.3) is 0 Å². The van der Waals surface area contributed by atoms with Gasteiger partial charge in [-0.25, -0.2) is 0 Å². The molecule has 0 bridgehead atoms. The number of nitrogens with zero attached hydrogens (tertiary/aromatic N) is 1. The van der Waals surface area contributed by atoms with Gasteiger partial charge in [-0.3, -0.25) is 19.2 Å². The summed E-state index contributed by atoms with van der Waals surface area (Å²) in [5.41, 5.74) is 0. The highest BCUT2D eigenvalue weighted by molar-refractivity contribution is 6.40. The minimum atomic E-state index is -0.944. The zero-order valence-electron chi connectivity index (χ0n) is 8.78. The number of carbonyl (C=O) groups excluding carboxylic acids is 4. The Bertz CT molecular complexity index is 334. The van der Waals surface area contributed by atoms with Crippen LogP contribution in [0.3, 0.4) is 0 Å². The highest BCUT2D eigenvalue weighted by atomic mass is 16.2. The predicted molar refractivity (Wildman–Crippen MR) is 51.1 cm³/mol. The number of amides is 1. The third-order valence-electron chi connectivity index (χ3n) is 2.53. The van der Waals surface area contributed by atoms with Gasteiger partial charge in [0.2, 0.25) is 11.7 Å². The Morgan fingerprint density at radius 1 is 1.27 bits per heavy atom. The Morgan fingerprint density at radius 3 is 2.33 bits per heavy atom. The third kappa shape index (κ3) is 2.49. The van der Waals surface area contributed by atoms with Crippen LogP contribution in [0, 0.1) is 5.92 Å². The molecule has 1 atom stereocenters. The van der Waals surface area contributed by atoms with Crippen molar-refractivity contribution < 1.29 is 19.2 Å². The van der Waals surface area contributed by atoms with Crippen LogP contribution in [0.5, 0.6) is 0 Å². The van der Waals surface area contributed by atoms with Crippen molar-refractivity contribution in [3.8, 4) is 0 Å². The second-order valence-corrected chi connectivity index (χ2v) is 3.65. The van der Waals surface area contributed by atoms with Gasteiger partial charge in [-0.15, -0.1) is 0 Å². The van der Waals surface area contributed by atoms with Gasteiger partial charge < -0.3 is 4.90 Å². The Labute approximate surface area is 87.4 Å². The summed E-state index contributed by atoms with van der Waals surface area (Å²) in [6.45, 7) is 2.91. The Morgan fingerprint density at radius 2 is 1.87 bits per heavy atom. The van der Waals surface area contributed by atoms with Crippen LogP contribution in [-0.2, 0) is 19.2 Å². The summed E-state index contributed by atoms with van der Waals surface area (Å²) in [7, 11) is 0. The molecular weight excluding hydrogens is 198 g/mol. The topological polar surface area (TPSA) is 71.5 Å². The molecule has 0 aromatic rings. The molecule has 1 amide bonds. The van der Waals surface area contributed by atoms with Crippen molar-refractivity contribution in [1.29, 1.82) is 0 Å². The van der Waals surface area contributed by atoms with Crippen molar-refractivity contribution in [3.63, 3.8) is 0 Å². The Kier molecular flexibility index (Phi) is 3.34. The molecule has 0 aliphatic carbocycles. The molecule has 0 N–H and O–H groups in total. The summed E-state index contributed by atoms with van der Waals surface area (Å²) in [6, 6.07) is 0. The first kappa shape index (κ1) is 11.6. The van der Waals surface area contributed by atoms with Crippen molar-refractivity contribution in [2.24, 2.45) is 5.92 Å². The molecule has 1 aliphatic rings. The number of carbonyl (C=O) groups is 4. The van der Waals surface area contributed by atoms with Gasteiger partial charge in [-0.05, 0) is 0 Å². The lowest BCUT2D eigenvalue weighted by atomic mass is 9.91. The zero-order chi connectivity index (χ0) is 11.6. The van der Waals surface area contributed by atoms with Gasteiger partial charge in [0.05, 0.1) is 0 Å². The van der Waals surface area contributed by atoms with E-state index in [9.17, 15) is 19.2 Å². The second kappa shape index (κ2) is 4.33. The maximum atomic E-state index is 11.4. The molecule has 1 heterocycles. The summed E-state index contributed by atoms with van der Waals surface area (Å²) >= 11 is 0. The van der Waals surface area contributed by atoms with Crippen LogP contribution in [-0.4, -0.2) is 41.2 Å². The quantitative estimate of drug-likeness (QED) is 0.459. The number of likely N-dealkylation sites (tertiary alicyclic amines) is 1. The molecule has 0 saturated carbocycles. The minimum Gasteiger partial charge on any atom is -0.341 e. The maximum absolute atomic E-state index is 11.4. The molecule has 5 nitrogen and oxygen atoms in total. The highest BCUT2D eigenvalue weighted by Crippen LogP contribution is 2.14. The summed E-state index contributed by atoms with van der Waals surface area (Å²) in [6.07, 6.45) is 0.156. The van der Waals surface area contributed by atoms with E-state index in [0.717, 1.165) is 6.92 Å². The van der Waals surface area contributed by atoms with Crippen LogP contribution < -0.4 is 0 Å². The minimum absolute atomic E-state index is 0.0482. The first-order valence-corrected chi connectivity index (χ1v) is 4.76. The maximum Gasteiger partial charge on any atom is 0.219 e. The van der Waals surface area contributed by atoms with Gasteiger partial charge in [0, 0.05) is 33.4 Å². The second-order valence-electron chi connectivity index (χ2n) is 3.65. The lowest BCUT2D eigenvalue weighted by Crippen LogP contribution is -2.47. The van der Waals surface area contributed by atoms with Crippen molar-refractivity contribution in [1.82, 2.24) is 4.90 Å². The average molecular weight is 211 g/mol. The van der Waals surface area contributed by atoms with Crippen molar-refractivity contribution in [2.75, 3.05) is 13.1 Å². The first-order chi connectivity index (χ1) is 6.93. The van der Waals surface area contributed by atoms with E-state index in [1.54, 1.807) is 0 Å². The highest BCUT2D eigenvalue weighted by Gasteiger charge is 2.35. The van der Waals surface area contributed by atoms with E-state index in [-0.39, 0.29) is 24.7 Å². The Balaban J connectivity index is 2.78. The van der Waals surface area contributed by atoms with E-state index in [1.807, 2.05) is 0 Å². The van der Waals surface area contributed by atoms with E-state index in [0.29, 0.717) is 6.54 Å². The summed E-state index contributed by atoms with van der Waals surface area (Å²) < 4.78 is 0. The van der Waals surface area contributed by atoms with Crippen LogP contribution in [0.1, 0.15) is 20.3 Å². The van der Waals surface area contributed by atoms with Gasteiger partial charge in [0.15, 0.2) is 5.78 Å². The fourth-order valence-corrected chi connectivity index (χ4v) is 1.59. The summed E-state index contributed by atoms with van der Waals surface area (Å²) in [4.78, 5) is 46.1. The smallest absolute Gasteiger partial charge is 0.219 e. The molecule has 1 saturated heterocycles. The number of Topliss-reactive ketones (excluding diaryl/α,β-unsaturated/α-hetero) is 3. The van der Waals surface area contributed by atoms with Gasteiger partial charge in [0.25, 0.3) is 0 Å². The lowest BCUT2D eigenvalue weighted by molar-refractivity contribution is -0.145. The molecule has 15 heavy (non-hydrogen) atoms. The molecule has 1 fully saturated rings. The molecule has 0 spiro atoms. The Hall–Kier alpha value is -1.52. The average Bonchev–Trinajstić information content (AvgIpc) is 2.16. The molecule has 1 unspecified atom stereocenters. The molecule has 82 valence electrons. The molecular formula is C10H13NO4. The molecule has 1 rings (SSSR count). The van der Waals surface area contributed by atoms with Crippen LogP contribution in [0.2, 0.25) is 0 Å². The van der Waals surface area contributed by atoms with Crippen molar-refractivity contribution in [2.45, 2.75) is 20.3 Å². The SMILES string of the molecule is CC(=O)C(=O)C1CN(C(C)=O)CCC1=O. The molecule has 0 aromatic heterocycles. The fourth-order valence-electron chi connectivity index (χ4n) is 1.59.